The first kappa shape index (κ1) is 12.2. The number of hydrogen-bond acceptors (Lipinski definition) is 3. The molecule has 2 rings (SSSR count). The molecule has 0 aromatic heterocycles. The molecule has 92 valence electrons. The van der Waals surface area contributed by atoms with E-state index in [2.05, 4.69) is 5.32 Å². The van der Waals surface area contributed by atoms with Gasteiger partial charge in [0.15, 0.2) is 0 Å². The van der Waals surface area contributed by atoms with Gasteiger partial charge in [-0.2, -0.15) is 0 Å². The van der Waals surface area contributed by atoms with Gasteiger partial charge in [0.05, 0.1) is 16.9 Å². The third-order valence-electron chi connectivity index (χ3n) is 3.75. The largest absolute Gasteiger partial charge is 0.391 e. The summed E-state index contributed by atoms with van der Waals surface area (Å²) in [6, 6.07) is -0.0146. The molecular weight excluding hydrogens is 222 g/mol. The molecule has 3 atom stereocenters. The van der Waals surface area contributed by atoms with E-state index in [1.165, 1.54) is 0 Å². The number of rotatable bonds is 2. The molecular formula is C12H21NO2S. The molecule has 1 unspecified atom stereocenters. The molecule has 4 heteroatoms. The van der Waals surface area contributed by atoms with Gasteiger partial charge in [-0.15, -0.1) is 11.8 Å². The molecule has 0 radical (unpaired) electrons. The van der Waals surface area contributed by atoms with Crippen molar-refractivity contribution in [2.45, 2.75) is 62.3 Å². The smallest absolute Gasteiger partial charge is 0.236 e. The van der Waals surface area contributed by atoms with E-state index in [9.17, 15) is 9.90 Å². The Balaban J connectivity index is 1.90. The van der Waals surface area contributed by atoms with Crippen molar-refractivity contribution in [1.82, 2.24) is 5.32 Å². The molecule has 2 fully saturated rings. The number of carbonyl (C=O) groups excluding carboxylic acids is 1. The third-order valence-corrected chi connectivity index (χ3v) is 5.26. The summed E-state index contributed by atoms with van der Waals surface area (Å²) in [5.74, 6) is 1.21. The zero-order valence-corrected chi connectivity index (χ0v) is 10.7. The second-order valence-corrected chi connectivity index (χ2v) is 6.71. The summed E-state index contributed by atoms with van der Waals surface area (Å²) in [6.45, 7) is 2.02. The fourth-order valence-electron chi connectivity index (χ4n) is 2.56. The van der Waals surface area contributed by atoms with Crippen molar-refractivity contribution in [3.8, 4) is 0 Å². The molecule has 0 aromatic rings. The lowest BCUT2D eigenvalue weighted by molar-refractivity contribution is -0.125. The maximum atomic E-state index is 12.1. The lowest BCUT2D eigenvalue weighted by Crippen LogP contribution is -2.51. The highest BCUT2D eigenvalue weighted by Crippen LogP contribution is 2.38. The molecule has 1 saturated heterocycles. The Labute approximate surface area is 101 Å². The minimum atomic E-state index is -0.340. The Morgan fingerprint density at radius 2 is 2.12 bits per heavy atom. The van der Waals surface area contributed by atoms with Crippen molar-refractivity contribution in [3.63, 3.8) is 0 Å². The van der Waals surface area contributed by atoms with Gasteiger partial charge in [-0.1, -0.05) is 12.8 Å². The van der Waals surface area contributed by atoms with Crippen LogP contribution in [0.2, 0.25) is 0 Å². The lowest BCUT2D eigenvalue weighted by Gasteiger charge is -2.31. The van der Waals surface area contributed by atoms with Gasteiger partial charge in [0.25, 0.3) is 0 Å². The van der Waals surface area contributed by atoms with Crippen LogP contribution in [0.1, 0.15) is 45.4 Å². The molecule has 16 heavy (non-hydrogen) atoms. The summed E-state index contributed by atoms with van der Waals surface area (Å²) in [7, 11) is 0. The van der Waals surface area contributed by atoms with Crippen LogP contribution < -0.4 is 5.32 Å². The topological polar surface area (TPSA) is 49.3 Å². The van der Waals surface area contributed by atoms with Crippen LogP contribution >= 0.6 is 11.8 Å². The fourth-order valence-corrected chi connectivity index (χ4v) is 3.78. The Bertz CT molecular complexity index is 264. The van der Waals surface area contributed by atoms with Crippen molar-refractivity contribution in [2.75, 3.05) is 5.75 Å². The quantitative estimate of drug-likeness (QED) is 0.776. The summed E-state index contributed by atoms with van der Waals surface area (Å²) < 4.78 is -0.253. The number of thioether (sulfide) groups is 1. The van der Waals surface area contributed by atoms with E-state index in [0.717, 1.165) is 44.3 Å². The Morgan fingerprint density at radius 3 is 2.75 bits per heavy atom. The normalized spacial score (nSPS) is 39.6. The van der Waals surface area contributed by atoms with Crippen LogP contribution in [-0.4, -0.2) is 33.7 Å². The maximum absolute atomic E-state index is 12.1. The summed E-state index contributed by atoms with van der Waals surface area (Å²) in [5, 5.41) is 12.9. The van der Waals surface area contributed by atoms with Crippen LogP contribution in [0.25, 0.3) is 0 Å². The Kier molecular flexibility index (Phi) is 3.80. The zero-order chi connectivity index (χ0) is 11.6. The van der Waals surface area contributed by atoms with Crippen LogP contribution in [-0.2, 0) is 4.79 Å². The predicted molar refractivity (Wildman–Crippen MR) is 66.5 cm³/mol. The highest BCUT2D eigenvalue weighted by Gasteiger charge is 2.39. The van der Waals surface area contributed by atoms with Crippen LogP contribution in [0, 0.1) is 0 Å². The van der Waals surface area contributed by atoms with Gasteiger partial charge in [-0.3, -0.25) is 4.79 Å². The number of carbonyl (C=O) groups is 1. The maximum Gasteiger partial charge on any atom is 0.236 e. The zero-order valence-electron chi connectivity index (χ0n) is 9.87. The molecule has 1 heterocycles. The number of nitrogens with one attached hydrogen (secondary N) is 1. The van der Waals surface area contributed by atoms with Crippen LogP contribution in [0.4, 0.5) is 0 Å². The number of aliphatic hydroxyl groups is 1. The molecule has 2 aliphatic rings. The first-order valence-corrected chi connectivity index (χ1v) is 7.23. The number of hydrogen-bond donors (Lipinski definition) is 2. The van der Waals surface area contributed by atoms with Crippen LogP contribution in [0.5, 0.6) is 0 Å². The van der Waals surface area contributed by atoms with E-state index in [0.29, 0.717) is 0 Å². The average Bonchev–Trinajstić information content (AvgIpc) is 2.70. The van der Waals surface area contributed by atoms with Gasteiger partial charge < -0.3 is 10.4 Å². The number of amides is 1. The van der Waals surface area contributed by atoms with Crippen molar-refractivity contribution >= 4 is 17.7 Å². The summed E-state index contributed by atoms with van der Waals surface area (Å²) >= 11 is 1.75. The fraction of sp³-hybridized carbons (Fsp3) is 0.917. The highest BCUT2D eigenvalue weighted by molar-refractivity contribution is 8.01. The van der Waals surface area contributed by atoms with Gasteiger partial charge >= 0.3 is 0 Å². The van der Waals surface area contributed by atoms with Crippen molar-refractivity contribution in [2.24, 2.45) is 0 Å². The van der Waals surface area contributed by atoms with E-state index >= 15 is 0 Å². The first-order chi connectivity index (χ1) is 7.62. The second-order valence-electron chi connectivity index (χ2n) is 5.11. The van der Waals surface area contributed by atoms with E-state index in [-0.39, 0.29) is 22.8 Å². The van der Waals surface area contributed by atoms with Gasteiger partial charge in [-0.25, -0.2) is 0 Å². The van der Waals surface area contributed by atoms with E-state index in [1.807, 2.05) is 6.92 Å². The van der Waals surface area contributed by atoms with Crippen molar-refractivity contribution < 1.29 is 9.90 Å². The summed E-state index contributed by atoms with van der Waals surface area (Å²) in [6.07, 6.45) is 5.70. The van der Waals surface area contributed by atoms with E-state index in [1.54, 1.807) is 11.8 Å². The van der Waals surface area contributed by atoms with Crippen LogP contribution in [0.3, 0.4) is 0 Å². The lowest BCUT2D eigenvalue weighted by atomic mass is 9.92. The highest BCUT2D eigenvalue weighted by atomic mass is 32.2. The predicted octanol–water partition coefficient (Wildman–Crippen LogP) is 1.69. The number of aliphatic hydroxyl groups excluding tert-OH is 1. The molecule has 0 bridgehead atoms. The van der Waals surface area contributed by atoms with Gasteiger partial charge in [0.1, 0.15) is 0 Å². The average molecular weight is 243 g/mol. The standard InChI is InChI=1S/C12H21NO2S/c1-12(7-4-8-16-12)11(15)13-9-5-2-3-6-10(9)14/h9-10,14H,2-8H2,1H3,(H,13,15)/t9-,10-,12?/m1/s1. The van der Waals surface area contributed by atoms with Crippen molar-refractivity contribution in [1.29, 1.82) is 0 Å². The third kappa shape index (κ3) is 2.54. The molecule has 1 amide bonds. The van der Waals surface area contributed by atoms with Gasteiger partial charge in [0.2, 0.25) is 5.91 Å². The molecule has 1 saturated carbocycles. The summed E-state index contributed by atoms with van der Waals surface area (Å²) in [5.41, 5.74) is 0. The SMILES string of the molecule is CC1(C(=O)N[C@@H]2CCCC[C@H]2O)CCCS1. The molecule has 1 aliphatic carbocycles. The van der Waals surface area contributed by atoms with Gasteiger partial charge in [0, 0.05) is 0 Å². The van der Waals surface area contributed by atoms with Gasteiger partial charge in [-0.05, 0) is 38.4 Å². The minimum absolute atomic E-state index is 0.0146. The van der Waals surface area contributed by atoms with E-state index < -0.39 is 0 Å². The monoisotopic (exact) mass is 243 g/mol. The molecule has 1 aliphatic heterocycles. The molecule has 0 spiro atoms. The molecule has 0 aromatic carbocycles. The van der Waals surface area contributed by atoms with Crippen molar-refractivity contribution in [3.05, 3.63) is 0 Å². The Hall–Kier alpha value is -0.220. The Morgan fingerprint density at radius 1 is 1.38 bits per heavy atom. The molecule has 3 nitrogen and oxygen atoms in total. The molecule has 2 N–H and O–H groups in total. The summed E-state index contributed by atoms with van der Waals surface area (Å²) in [4.78, 5) is 12.1. The minimum Gasteiger partial charge on any atom is -0.391 e. The van der Waals surface area contributed by atoms with Crippen LogP contribution in [0.15, 0.2) is 0 Å². The first-order valence-electron chi connectivity index (χ1n) is 6.25. The van der Waals surface area contributed by atoms with E-state index in [4.69, 9.17) is 0 Å². The second kappa shape index (κ2) is 4.96.